The first kappa shape index (κ1) is 21.5. The highest BCUT2D eigenvalue weighted by Crippen LogP contribution is 2.29. The van der Waals surface area contributed by atoms with Crippen LogP contribution in [0.15, 0.2) is 83.9 Å². The highest BCUT2D eigenvalue weighted by Gasteiger charge is 2.18. The lowest BCUT2D eigenvalue weighted by Gasteiger charge is -2.18. The minimum atomic E-state index is -0.116. The van der Waals surface area contributed by atoms with E-state index >= 15 is 0 Å². The van der Waals surface area contributed by atoms with E-state index in [1.54, 1.807) is 24.0 Å². The van der Waals surface area contributed by atoms with Crippen molar-refractivity contribution < 1.29 is 0 Å². The summed E-state index contributed by atoms with van der Waals surface area (Å²) in [5.41, 5.74) is 11.4. The Balaban J connectivity index is 1.70. The number of anilines is 1. The molecule has 0 unspecified atom stereocenters. The number of nitrogens with one attached hydrogen (secondary N) is 1. The van der Waals surface area contributed by atoms with Gasteiger partial charge in [-0.2, -0.15) is 0 Å². The summed E-state index contributed by atoms with van der Waals surface area (Å²) in [5, 5.41) is 3.29. The van der Waals surface area contributed by atoms with Crippen LogP contribution in [0.25, 0.3) is 22.4 Å². The van der Waals surface area contributed by atoms with Crippen LogP contribution >= 0.6 is 0 Å². The van der Waals surface area contributed by atoms with E-state index in [4.69, 9.17) is 10.7 Å². The van der Waals surface area contributed by atoms with Crippen molar-refractivity contribution in [2.45, 2.75) is 19.4 Å². The first-order chi connectivity index (χ1) is 15.5. The minimum Gasteiger partial charge on any atom is -0.354 e. The molecule has 4 rings (SSSR count). The Morgan fingerprint density at radius 1 is 1.00 bits per heavy atom. The first-order valence-electron chi connectivity index (χ1n) is 10.6. The number of hydrogen-bond acceptors (Lipinski definition) is 5. The fourth-order valence-electron chi connectivity index (χ4n) is 3.75. The van der Waals surface area contributed by atoms with Crippen LogP contribution in [0, 0.1) is 6.92 Å². The summed E-state index contributed by atoms with van der Waals surface area (Å²) >= 11 is 0. The zero-order chi connectivity index (χ0) is 22.5. The molecule has 0 aliphatic rings. The molecule has 2 aromatic carbocycles. The maximum atomic E-state index is 13.5. The lowest BCUT2D eigenvalue weighted by atomic mass is 9.99. The number of rotatable bonds is 7. The summed E-state index contributed by atoms with van der Waals surface area (Å²) in [6, 6.07) is 21.7. The van der Waals surface area contributed by atoms with Crippen LogP contribution in [-0.4, -0.2) is 27.1 Å². The molecular weight excluding hydrogens is 398 g/mol. The molecule has 162 valence electrons. The van der Waals surface area contributed by atoms with Gasteiger partial charge in [0, 0.05) is 37.6 Å². The van der Waals surface area contributed by atoms with Gasteiger partial charge in [0.2, 0.25) is 5.95 Å². The number of benzene rings is 2. The predicted octanol–water partition coefficient (Wildman–Crippen LogP) is 3.80. The van der Waals surface area contributed by atoms with Crippen molar-refractivity contribution in [1.82, 2.24) is 14.5 Å². The average molecular weight is 426 g/mol. The average Bonchev–Trinajstić information content (AvgIpc) is 2.81. The lowest BCUT2D eigenvalue weighted by Crippen LogP contribution is -2.34. The van der Waals surface area contributed by atoms with E-state index in [0.29, 0.717) is 23.8 Å². The summed E-state index contributed by atoms with van der Waals surface area (Å²) in [4.78, 5) is 22.4. The number of nitrogens with zero attached hydrogens (tertiary/aromatic N) is 3. The topological polar surface area (TPSA) is 85.8 Å². The standard InChI is InChI=1S/C26H27N5O/c1-18-7-6-10-21(15-18)23-24(20-11-13-28-14-12-20)30-26(31(2)25(23)32)29-17-22(27)16-19-8-4-3-5-9-19/h3-15,22H,16-17,27H2,1-2H3,(H,29,30)/t22-/m1/s1. The fraction of sp³-hybridized carbons (Fsp3) is 0.192. The second-order valence-electron chi connectivity index (χ2n) is 7.96. The van der Waals surface area contributed by atoms with Crippen LogP contribution in [0.2, 0.25) is 0 Å². The highest BCUT2D eigenvalue weighted by molar-refractivity contribution is 5.81. The smallest absolute Gasteiger partial charge is 0.263 e. The summed E-state index contributed by atoms with van der Waals surface area (Å²) < 4.78 is 1.55. The molecule has 0 saturated carbocycles. The Hall–Kier alpha value is -3.77. The van der Waals surface area contributed by atoms with Crippen molar-refractivity contribution in [2.24, 2.45) is 12.8 Å². The Morgan fingerprint density at radius 3 is 2.47 bits per heavy atom. The quantitative estimate of drug-likeness (QED) is 0.470. The van der Waals surface area contributed by atoms with Gasteiger partial charge in [-0.1, -0.05) is 60.2 Å². The van der Waals surface area contributed by atoms with Crippen LogP contribution in [0.4, 0.5) is 5.95 Å². The lowest BCUT2D eigenvalue weighted by molar-refractivity contribution is 0.688. The number of hydrogen-bond donors (Lipinski definition) is 2. The van der Waals surface area contributed by atoms with Crippen molar-refractivity contribution >= 4 is 5.95 Å². The van der Waals surface area contributed by atoms with Gasteiger partial charge < -0.3 is 11.1 Å². The van der Waals surface area contributed by atoms with Crippen LogP contribution < -0.4 is 16.6 Å². The molecule has 2 aromatic heterocycles. The van der Waals surface area contributed by atoms with Gasteiger partial charge in [0.05, 0.1) is 11.3 Å². The summed E-state index contributed by atoms with van der Waals surface area (Å²) in [5.74, 6) is 0.488. The maximum Gasteiger partial charge on any atom is 0.263 e. The third-order valence-electron chi connectivity index (χ3n) is 5.41. The third-order valence-corrected chi connectivity index (χ3v) is 5.41. The minimum absolute atomic E-state index is 0.114. The monoisotopic (exact) mass is 425 g/mol. The molecule has 0 fully saturated rings. The second kappa shape index (κ2) is 9.58. The summed E-state index contributed by atoms with van der Waals surface area (Å²) in [6.45, 7) is 2.51. The maximum absolute atomic E-state index is 13.5. The van der Waals surface area contributed by atoms with Crippen LogP contribution in [0.5, 0.6) is 0 Å². The fourth-order valence-corrected chi connectivity index (χ4v) is 3.75. The third kappa shape index (κ3) is 4.76. The van der Waals surface area contributed by atoms with Crippen molar-refractivity contribution in [3.63, 3.8) is 0 Å². The van der Waals surface area contributed by atoms with E-state index in [-0.39, 0.29) is 11.6 Å². The SMILES string of the molecule is Cc1cccc(-c2c(-c3ccncc3)nc(NC[C@H](N)Cc3ccccc3)n(C)c2=O)c1. The Morgan fingerprint density at radius 2 is 1.75 bits per heavy atom. The molecule has 0 radical (unpaired) electrons. The van der Waals surface area contributed by atoms with E-state index in [0.717, 1.165) is 23.1 Å². The first-order valence-corrected chi connectivity index (χ1v) is 10.6. The van der Waals surface area contributed by atoms with Crippen LogP contribution in [-0.2, 0) is 13.5 Å². The molecule has 0 amide bonds. The molecule has 2 heterocycles. The molecule has 32 heavy (non-hydrogen) atoms. The molecule has 3 N–H and O–H groups in total. The largest absolute Gasteiger partial charge is 0.354 e. The van der Waals surface area contributed by atoms with Crippen molar-refractivity contribution in [2.75, 3.05) is 11.9 Å². The van der Waals surface area contributed by atoms with Gasteiger partial charge >= 0.3 is 0 Å². The second-order valence-corrected chi connectivity index (χ2v) is 7.96. The van der Waals surface area contributed by atoms with Crippen molar-refractivity contribution in [3.05, 3.63) is 101 Å². The number of aryl methyl sites for hydroxylation is 1. The van der Waals surface area contributed by atoms with Crippen molar-refractivity contribution in [1.29, 1.82) is 0 Å². The van der Waals surface area contributed by atoms with Gasteiger partial charge in [-0.25, -0.2) is 4.98 Å². The van der Waals surface area contributed by atoms with Crippen LogP contribution in [0.1, 0.15) is 11.1 Å². The van der Waals surface area contributed by atoms with Gasteiger partial charge in [0.15, 0.2) is 0 Å². The summed E-state index contributed by atoms with van der Waals surface area (Å²) in [7, 11) is 1.73. The Kier molecular flexibility index (Phi) is 6.42. The zero-order valence-electron chi connectivity index (χ0n) is 18.3. The normalized spacial score (nSPS) is 11.8. The van der Waals surface area contributed by atoms with Gasteiger partial charge in [0.25, 0.3) is 5.56 Å². The molecule has 6 nitrogen and oxygen atoms in total. The Labute approximate surface area is 187 Å². The number of pyridine rings is 1. The number of nitrogens with two attached hydrogens (primary N) is 1. The molecule has 0 aliphatic carbocycles. The highest BCUT2D eigenvalue weighted by atomic mass is 16.1. The molecule has 1 atom stereocenters. The molecule has 0 saturated heterocycles. The van der Waals surface area contributed by atoms with Gasteiger partial charge in [-0.05, 0) is 36.6 Å². The zero-order valence-corrected chi connectivity index (χ0v) is 18.3. The van der Waals surface area contributed by atoms with E-state index in [1.165, 1.54) is 5.56 Å². The molecule has 6 heteroatoms. The van der Waals surface area contributed by atoms with Gasteiger partial charge in [-0.3, -0.25) is 14.3 Å². The molecule has 0 aliphatic heterocycles. The van der Waals surface area contributed by atoms with E-state index in [9.17, 15) is 4.79 Å². The van der Waals surface area contributed by atoms with E-state index < -0.39 is 0 Å². The predicted molar refractivity (Wildman–Crippen MR) is 129 cm³/mol. The van der Waals surface area contributed by atoms with Crippen LogP contribution in [0.3, 0.4) is 0 Å². The number of aromatic nitrogens is 3. The Bertz CT molecular complexity index is 1250. The van der Waals surface area contributed by atoms with Crippen molar-refractivity contribution in [3.8, 4) is 22.4 Å². The molecule has 0 spiro atoms. The van der Waals surface area contributed by atoms with Gasteiger partial charge in [0.1, 0.15) is 0 Å². The molecular formula is C26H27N5O. The van der Waals surface area contributed by atoms with E-state index in [2.05, 4.69) is 22.4 Å². The van der Waals surface area contributed by atoms with E-state index in [1.807, 2.05) is 61.5 Å². The molecule has 0 bridgehead atoms. The van der Waals surface area contributed by atoms with Gasteiger partial charge in [-0.15, -0.1) is 0 Å². The summed E-state index contributed by atoms with van der Waals surface area (Å²) in [6.07, 6.45) is 4.15. The molecule has 4 aromatic rings.